The molecule has 1 aromatic carbocycles. The van der Waals surface area contributed by atoms with E-state index >= 15 is 0 Å². The average Bonchev–Trinajstić information content (AvgIpc) is 2.20. The van der Waals surface area contributed by atoms with Gasteiger partial charge < -0.3 is 10.2 Å². The maximum atomic E-state index is 10.3. The highest BCUT2D eigenvalue weighted by atomic mass is 79.9. The maximum Gasteiger partial charge on any atom is 0.425 e. The van der Waals surface area contributed by atoms with E-state index in [9.17, 15) is 9.90 Å². The van der Waals surface area contributed by atoms with E-state index in [0.717, 1.165) is 4.47 Å². The van der Waals surface area contributed by atoms with Crippen molar-refractivity contribution in [2.75, 3.05) is 0 Å². The normalized spacial score (nSPS) is 13.3. The van der Waals surface area contributed by atoms with E-state index in [1.165, 1.54) is 6.92 Å². The van der Waals surface area contributed by atoms with Crippen LogP contribution in [0.1, 0.15) is 12.5 Å². The standard InChI is InChI=1S/C10H11BrN2O3/c1-6(14)9(12-13-10(15)16)7-2-4-8(11)5-3-7/h2-6,13-14H,1H3,(H,15,16)/b12-9-. The van der Waals surface area contributed by atoms with E-state index in [1.807, 2.05) is 5.43 Å². The number of nitrogens with zero attached hydrogens (tertiary/aromatic N) is 1. The SMILES string of the molecule is CC(O)/C(=N/NC(=O)O)c1ccc(Br)cc1. The second kappa shape index (κ2) is 5.62. The van der Waals surface area contributed by atoms with Crippen LogP contribution in [0.2, 0.25) is 0 Å². The second-order valence-electron chi connectivity index (χ2n) is 3.10. The highest BCUT2D eigenvalue weighted by Crippen LogP contribution is 2.12. The highest BCUT2D eigenvalue weighted by Gasteiger charge is 2.10. The Morgan fingerprint density at radius 1 is 1.44 bits per heavy atom. The van der Waals surface area contributed by atoms with E-state index in [-0.39, 0.29) is 5.71 Å². The number of carbonyl (C=O) groups is 1. The third-order valence-electron chi connectivity index (χ3n) is 1.81. The number of benzene rings is 1. The minimum atomic E-state index is -1.27. The summed E-state index contributed by atoms with van der Waals surface area (Å²) in [5, 5.41) is 21.5. The van der Waals surface area contributed by atoms with Crippen molar-refractivity contribution in [3.63, 3.8) is 0 Å². The van der Waals surface area contributed by atoms with Crippen molar-refractivity contribution in [2.24, 2.45) is 5.10 Å². The summed E-state index contributed by atoms with van der Waals surface area (Å²) in [5.41, 5.74) is 2.81. The lowest BCUT2D eigenvalue weighted by Gasteiger charge is -2.09. The summed E-state index contributed by atoms with van der Waals surface area (Å²) in [7, 11) is 0. The Morgan fingerprint density at radius 2 is 2.00 bits per heavy atom. The predicted octanol–water partition coefficient (Wildman–Crippen LogP) is 1.80. The van der Waals surface area contributed by atoms with Crippen molar-refractivity contribution < 1.29 is 15.0 Å². The number of halogens is 1. The summed E-state index contributed by atoms with van der Waals surface area (Å²) in [4.78, 5) is 10.3. The summed E-state index contributed by atoms with van der Waals surface area (Å²) in [6.07, 6.45) is -2.12. The molecule has 1 aromatic rings. The maximum absolute atomic E-state index is 10.3. The molecule has 3 N–H and O–H groups in total. The lowest BCUT2D eigenvalue weighted by Crippen LogP contribution is -2.24. The third-order valence-corrected chi connectivity index (χ3v) is 2.34. The number of nitrogens with one attached hydrogen (secondary N) is 1. The van der Waals surface area contributed by atoms with E-state index < -0.39 is 12.2 Å². The molecule has 5 nitrogen and oxygen atoms in total. The van der Waals surface area contributed by atoms with Crippen LogP contribution >= 0.6 is 15.9 Å². The molecule has 1 amide bonds. The molecule has 0 saturated carbocycles. The average molecular weight is 287 g/mol. The zero-order chi connectivity index (χ0) is 12.1. The largest absolute Gasteiger partial charge is 0.464 e. The number of carboxylic acid groups (broad SMARTS) is 1. The van der Waals surface area contributed by atoms with Crippen LogP contribution in [0.3, 0.4) is 0 Å². The number of hydrazone groups is 1. The Bertz CT molecular complexity index is 401. The molecule has 16 heavy (non-hydrogen) atoms. The van der Waals surface area contributed by atoms with Gasteiger partial charge >= 0.3 is 6.09 Å². The zero-order valence-corrected chi connectivity index (χ0v) is 10.1. The van der Waals surface area contributed by atoms with Gasteiger partial charge in [0.25, 0.3) is 0 Å². The number of rotatable bonds is 3. The van der Waals surface area contributed by atoms with Crippen LogP contribution in [0.25, 0.3) is 0 Å². The second-order valence-corrected chi connectivity index (χ2v) is 4.01. The number of aliphatic hydroxyl groups is 1. The Kier molecular flexibility index (Phi) is 4.45. The van der Waals surface area contributed by atoms with Crippen LogP contribution in [0.15, 0.2) is 33.8 Å². The number of aliphatic hydroxyl groups excluding tert-OH is 1. The van der Waals surface area contributed by atoms with Gasteiger partial charge in [0.15, 0.2) is 0 Å². The molecule has 1 rings (SSSR count). The van der Waals surface area contributed by atoms with Gasteiger partial charge in [-0.3, -0.25) is 0 Å². The molecule has 0 aliphatic rings. The molecule has 6 heteroatoms. The molecule has 0 aliphatic carbocycles. The molecular formula is C10H11BrN2O3. The Labute approximate surface area is 101 Å². The Balaban J connectivity index is 2.98. The van der Waals surface area contributed by atoms with Crippen molar-refractivity contribution in [1.29, 1.82) is 0 Å². The van der Waals surface area contributed by atoms with E-state index in [1.54, 1.807) is 24.3 Å². The lowest BCUT2D eigenvalue weighted by atomic mass is 10.1. The minimum Gasteiger partial charge on any atom is -0.464 e. The van der Waals surface area contributed by atoms with Crippen molar-refractivity contribution in [2.45, 2.75) is 13.0 Å². The van der Waals surface area contributed by atoms with Crippen molar-refractivity contribution in [3.8, 4) is 0 Å². The van der Waals surface area contributed by atoms with Gasteiger partial charge in [-0.25, -0.2) is 10.2 Å². The first-order valence-electron chi connectivity index (χ1n) is 4.51. The zero-order valence-electron chi connectivity index (χ0n) is 8.51. The molecule has 0 aliphatic heterocycles. The molecule has 0 saturated heterocycles. The van der Waals surface area contributed by atoms with Crippen LogP contribution in [0, 0.1) is 0 Å². The van der Waals surface area contributed by atoms with Crippen LogP contribution in [-0.2, 0) is 0 Å². The van der Waals surface area contributed by atoms with Gasteiger partial charge in [0.05, 0.1) is 11.8 Å². The van der Waals surface area contributed by atoms with Gasteiger partial charge in [0, 0.05) is 10.0 Å². The number of amides is 1. The summed E-state index contributed by atoms with van der Waals surface area (Å²) in [6.45, 7) is 1.52. The monoisotopic (exact) mass is 286 g/mol. The van der Waals surface area contributed by atoms with Gasteiger partial charge in [0.1, 0.15) is 0 Å². The van der Waals surface area contributed by atoms with Gasteiger partial charge in [-0.15, -0.1) is 0 Å². The van der Waals surface area contributed by atoms with Gasteiger partial charge in [0.2, 0.25) is 0 Å². The van der Waals surface area contributed by atoms with Crippen LogP contribution in [0.4, 0.5) is 4.79 Å². The molecule has 86 valence electrons. The number of hydrogen-bond acceptors (Lipinski definition) is 3. The van der Waals surface area contributed by atoms with Crippen molar-refractivity contribution in [1.82, 2.24) is 5.43 Å². The minimum absolute atomic E-state index is 0.273. The summed E-state index contributed by atoms with van der Waals surface area (Å²) in [6, 6.07) is 7.04. The van der Waals surface area contributed by atoms with Crippen LogP contribution in [-0.4, -0.2) is 28.1 Å². The molecule has 0 aromatic heterocycles. The topological polar surface area (TPSA) is 81.9 Å². The van der Waals surface area contributed by atoms with E-state index in [0.29, 0.717) is 5.56 Å². The smallest absolute Gasteiger partial charge is 0.425 e. The molecule has 0 radical (unpaired) electrons. The molecule has 0 fully saturated rings. The van der Waals surface area contributed by atoms with Crippen LogP contribution in [0.5, 0.6) is 0 Å². The molecular weight excluding hydrogens is 276 g/mol. The Morgan fingerprint density at radius 3 is 2.44 bits per heavy atom. The molecule has 0 bridgehead atoms. The summed E-state index contributed by atoms with van der Waals surface area (Å²) in [5.74, 6) is 0. The first-order valence-corrected chi connectivity index (χ1v) is 5.30. The predicted molar refractivity (Wildman–Crippen MR) is 63.5 cm³/mol. The van der Waals surface area contributed by atoms with Crippen molar-refractivity contribution in [3.05, 3.63) is 34.3 Å². The quantitative estimate of drug-likeness (QED) is 0.585. The molecule has 0 heterocycles. The molecule has 1 atom stereocenters. The Hall–Kier alpha value is -1.40. The van der Waals surface area contributed by atoms with Crippen molar-refractivity contribution >= 4 is 27.7 Å². The fourth-order valence-corrected chi connectivity index (χ4v) is 1.39. The molecule has 0 spiro atoms. The van der Waals surface area contributed by atoms with E-state index in [4.69, 9.17) is 5.11 Å². The third kappa shape index (κ3) is 3.63. The van der Waals surface area contributed by atoms with Crippen LogP contribution < -0.4 is 5.43 Å². The molecule has 1 unspecified atom stereocenters. The summed E-state index contributed by atoms with van der Waals surface area (Å²) >= 11 is 3.28. The van der Waals surface area contributed by atoms with E-state index in [2.05, 4.69) is 21.0 Å². The van der Waals surface area contributed by atoms with Gasteiger partial charge in [-0.2, -0.15) is 5.10 Å². The number of hydrogen-bond donors (Lipinski definition) is 3. The first kappa shape index (κ1) is 12.7. The lowest BCUT2D eigenvalue weighted by molar-refractivity contribution is 0.194. The fraction of sp³-hybridized carbons (Fsp3) is 0.200. The first-order chi connectivity index (χ1) is 7.50. The van der Waals surface area contributed by atoms with Gasteiger partial charge in [-0.05, 0) is 19.1 Å². The van der Waals surface area contributed by atoms with Gasteiger partial charge in [-0.1, -0.05) is 28.1 Å². The summed E-state index contributed by atoms with van der Waals surface area (Å²) < 4.78 is 0.896. The fourth-order valence-electron chi connectivity index (χ4n) is 1.13. The highest BCUT2D eigenvalue weighted by molar-refractivity contribution is 9.10.